The number of carbonyl (C=O) groups is 2. The summed E-state index contributed by atoms with van der Waals surface area (Å²) in [4.78, 5) is 21.8. The lowest BCUT2D eigenvalue weighted by Gasteiger charge is -2.15. The molecule has 0 bridgehead atoms. The average Bonchev–Trinajstić information content (AvgIpc) is 2.38. The van der Waals surface area contributed by atoms with Gasteiger partial charge in [0.25, 0.3) is 0 Å². The molecule has 0 aliphatic rings. The maximum Gasteiger partial charge on any atom is 0.307 e. The molecule has 1 aromatic carbocycles. The van der Waals surface area contributed by atoms with Gasteiger partial charge in [0.2, 0.25) is 0 Å². The minimum absolute atomic E-state index is 0.0709. The predicted octanol–water partition coefficient (Wildman–Crippen LogP) is 1.73. The van der Waals surface area contributed by atoms with Crippen LogP contribution in [0.2, 0.25) is 0 Å². The summed E-state index contributed by atoms with van der Waals surface area (Å²) >= 11 is 0. The molecule has 0 aliphatic heterocycles. The molecule has 20 heavy (non-hydrogen) atoms. The van der Waals surface area contributed by atoms with Gasteiger partial charge in [-0.15, -0.1) is 0 Å². The summed E-state index contributed by atoms with van der Waals surface area (Å²) in [5.74, 6) is -2.15. The SMILES string of the molecule is COc1cc(C[C@H](CC(=O)O)C(=O)O)c(OC)cc1C. The number of carboxylic acids is 2. The summed E-state index contributed by atoms with van der Waals surface area (Å²) in [5, 5.41) is 17.9. The summed E-state index contributed by atoms with van der Waals surface area (Å²) in [5.41, 5.74) is 1.47. The van der Waals surface area contributed by atoms with Crippen LogP contribution in [0.15, 0.2) is 12.1 Å². The fourth-order valence-electron chi connectivity index (χ4n) is 2.00. The van der Waals surface area contributed by atoms with Gasteiger partial charge in [-0.2, -0.15) is 0 Å². The van der Waals surface area contributed by atoms with Crippen LogP contribution in [0.3, 0.4) is 0 Å². The van der Waals surface area contributed by atoms with Crippen LogP contribution < -0.4 is 9.47 Å². The third-order valence-electron chi connectivity index (χ3n) is 3.03. The van der Waals surface area contributed by atoms with E-state index in [0.717, 1.165) is 5.56 Å². The number of aryl methyl sites for hydroxylation is 1. The Kier molecular flexibility index (Phi) is 5.37. The molecule has 1 rings (SSSR count). The second-order valence-electron chi connectivity index (χ2n) is 4.47. The van der Waals surface area contributed by atoms with E-state index < -0.39 is 24.3 Å². The maximum absolute atomic E-state index is 11.1. The molecular weight excluding hydrogens is 264 g/mol. The number of ether oxygens (including phenoxy) is 2. The van der Waals surface area contributed by atoms with Crippen molar-refractivity contribution in [1.29, 1.82) is 0 Å². The van der Waals surface area contributed by atoms with E-state index in [1.807, 2.05) is 6.92 Å². The minimum Gasteiger partial charge on any atom is -0.496 e. The van der Waals surface area contributed by atoms with Crippen LogP contribution in [-0.2, 0) is 16.0 Å². The molecule has 0 radical (unpaired) electrons. The molecule has 2 N–H and O–H groups in total. The summed E-state index contributed by atoms with van der Waals surface area (Å²) in [6, 6.07) is 3.43. The molecule has 6 nitrogen and oxygen atoms in total. The smallest absolute Gasteiger partial charge is 0.307 e. The van der Waals surface area contributed by atoms with Crippen molar-refractivity contribution >= 4 is 11.9 Å². The van der Waals surface area contributed by atoms with Crippen molar-refractivity contribution in [3.8, 4) is 11.5 Å². The van der Waals surface area contributed by atoms with Crippen LogP contribution in [0.5, 0.6) is 11.5 Å². The zero-order chi connectivity index (χ0) is 15.3. The zero-order valence-corrected chi connectivity index (χ0v) is 11.7. The van der Waals surface area contributed by atoms with Gasteiger partial charge in [0.1, 0.15) is 11.5 Å². The van der Waals surface area contributed by atoms with Gasteiger partial charge >= 0.3 is 11.9 Å². The van der Waals surface area contributed by atoms with E-state index in [1.165, 1.54) is 14.2 Å². The van der Waals surface area contributed by atoms with Crippen molar-refractivity contribution in [2.24, 2.45) is 5.92 Å². The highest BCUT2D eigenvalue weighted by molar-refractivity contribution is 5.78. The molecule has 0 spiro atoms. The van der Waals surface area contributed by atoms with Gasteiger partial charge < -0.3 is 19.7 Å². The van der Waals surface area contributed by atoms with E-state index in [2.05, 4.69) is 0 Å². The second kappa shape index (κ2) is 6.79. The lowest BCUT2D eigenvalue weighted by atomic mass is 9.94. The first kappa shape index (κ1) is 15.8. The van der Waals surface area contributed by atoms with Crippen LogP contribution in [0, 0.1) is 12.8 Å². The van der Waals surface area contributed by atoms with Crippen molar-refractivity contribution in [1.82, 2.24) is 0 Å². The number of benzene rings is 1. The molecule has 1 aromatic rings. The topological polar surface area (TPSA) is 93.1 Å². The number of carboxylic acid groups (broad SMARTS) is 2. The highest BCUT2D eigenvalue weighted by atomic mass is 16.5. The van der Waals surface area contributed by atoms with Crippen molar-refractivity contribution < 1.29 is 29.3 Å². The molecule has 6 heteroatoms. The number of hydrogen-bond donors (Lipinski definition) is 2. The fraction of sp³-hybridized carbons (Fsp3) is 0.429. The zero-order valence-electron chi connectivity index (χ0n) is 11.7. The van der Waals surface area contributed by atoms with Crippen molar-refractivity contribution in [3.05, 3.63) is 23.3 Å². The highest BCUT2D eigenvalue weighted by Gasteiger charge is 2.23. The minimum atomic E-state index is -1.14. The molecule has 0 fully saturated rings. The van der Waals surface area contributed by atoms with E-state index in [0.29, 0.717) is 17.1 Å². The van der Waals surface area contributed by atoms with Gasteiger partial charge in [0.05, 0.1) is 26.6 Å². The summed E-state index contributed by atoms with van der Waals surface area (Å²) < 4.78 is 10.4. The van der Waals surface area contributed by atoms with Crippen LogP contribution in [-0.4, -0.2) is 36.4 Å². The fourth-order valence-corrected chi connectivity index (χ4v) is 2.00. The quantitative estimate of drug-likeness (QED) is 0.791. The van der Waals surface area contributed by atoms with Gasteiger partial charge in [-0.3, -0.25) is 9.59 Å². The molecule has 0 saturated carbocycles. The Hall–Kier alpha value is -2.24. The Morgan fingerprint density at radius 3 is 2.20 bits per heavy atom. The van der Waals surface area contributed by atoms with Crippen LogP contribution in [0.25, 0.3) is 0 Å². The van der Waals surface area contributed by atoms with E-state index in [-0.39, 0.29) is 6.42 Å². The normalized spacial score (nSPS) is 11.8. The largest absolute Gasteiger partial charge is 0.496 e. The van der Waals surface area contributed by atoms with Gasteiger partial charge in [-0.05, 0) is 36.6 Å². The molecule has 0 amide bonds. The van der Waals surface area contributed by atoms with Crippen molar-refractivity contribution in [2.75, 3.05) is 14.2 Å². The number of methoxy groups -OCH3 is 2. The van der Waals surface area contributed by atoms with E-state index >= 15 is 0 Å². The summed E-state index contributed by atoms with van der Waals surface area (Å²) in [6.45, 7) is 1.84. The molecule has 0 aliphatic carbocycles. The Bertz CT molecular complexity index is 509. The molecule has 0 heterocycles. The Morgan fingerprint density at radius 1 is 1.15 bits per heavy atom. The molecule has 110 valence electrons. The van der Waals surface area contributed by atoms with Crippen molar-refractivity contribution in [2.45, 2.75) is 19.8 Å². The number of aliphatic carboxylic acids is 2. The predicted molar refractivity (Wildman–Crippen MR) is 71.4 cm³/mol. The van der Waals surface area contributed by atoms with Crippen LogP contribution in [0.1, 0.15) is 17.5 Å². The van der Waals surface area contributed by atoms with Gasteiger partial charge in [-0.1, -0.05) is 0 Å². The van der Waals surface area contributed by atoms with Crippen LogP contribution >= 0.6 is 0 Å². The molecule has 1 atom stereocenters. The molecule has 0 saturated heterocycles. The Labute approximate surface area is 116 Å². The van der Waals surface area contributed by atoms with E-state index in [9.17, 15) is 9.59 Å². The average molecular weight is 282 g/mol. The van der Waals surface area contributed by atoms with Gasteiger partial charge in [0.15, 0.2) is 0 Å². The van der Waals surface area contributed by atoms with Crippen LogP contribution in [0.4, 0.5) is 0 Å². The third-order valence-corrected chi connectivity index (χ3v) is 3.03. The number of rotatable bonds is 7. The standard InChI is InChI=1S/C14H18O6/c1-8-4-12(20-3)9(6-11(8)19-2)5-10(14(17)18)7-13(15)16/h4,6,10H,5,7H2,1-3H3,(H,15,16)(H,17,18)/t10-/m1/s1. The van der Waals surface area contributed by atoms with E-state index in [4.69, 9.17) is 19.7 Å². The lowest BCUT2D eigenvalue weighted by Crippen LogP contribution is -2.20. The highest BCUT2D eigenvalue weighted by Crippen LogP contribution is 2.30. The van der Waals surface area contributed by atoms with Gasteiger partial charge in [-0.25, -0.2) is 0 Å². The third kappa shape index (κ3) is 3.88. The summed E-state index contributed by atoms with van der Waals surface area (Å²) in [6.07, 6.45) is -0.365. The first-order chi connectivity index (χ1) is 9.38. The molecule has 0 aromatic heterocycles. The van der Waals surface area contributed by atoms with Gasteiger partial charge in [0, 0.05) is 0 Å². The first-order valence-electron chi connectivity index (χ1n) is 6.05. The lowest BCUT2D eigenvalue weighted by molar-refractivity contribution is -0.148. The second-order valence-corrected chi connectivity index (χ2v) is 4.47. The molecule has 0 unspecified atom stereocenters. The molecular formula is C14H18O6. The summed E-state index contributed by atoms with van der Waals surface area (Å²) in [7, 11) is 3.00. The Balaban J connectivity index is 3.10. The first-order valence-corrected chi connectivity index (χ1v) is 6.05. The maximum atomic E-state index is 11.1. The monoisotopic (exact) mass is 282 g/mol. The number of hydrogen-bond acceptors (Lipinski definition) is 4. The van der Waals surface area contributed by atoms with Crippen molar-refractivity contribution in [3.63, 3.8) is 0 Å². The van der Waals surface area contributed by atoms with E-state index in [1.54, 1.807) is 12.1 Å². The Morgan fingerprint density at radius 2 is 1.75 bits per heavy atom.